The number of aliphatic carboxylic acids is 1. The molecule has 0 aliphatic rings. The summed E-state index contributed by atoms with van der Waals surface area (Å²) in [5.74, 6) is -9.53. The van der Waals surface area contributed by atoms with Gasteiger partial charge in [0.1, 0.15) is 48.3 Å². The Labute approximate surface area is 456 Å². The third-order valence-electron chi connectivity index (χ3n) is 11.1. The van der Waals surface area contributed by atoms with Gasteiger partial charge in [-0.05, 0) is 121 Å². The van der Waals surface area contributed by atoms with E-state index in [4.69, 9.17) is 22.9 Å². The van der Waals surface area contributed by atoms with Gasteiger partial charge in [-0.2, -0.15) is 35.3 Å². The maximum atomic E-state index is 13.9. The van der Waals surface area contributed by atoms with E-state index in [-0.39, 0.29) is 38.6 Å². The van der Waals surface area contributed by atoms with E-state index < -0.39 is 151 Å². The fourth-order valence-electron chi connectivity index (χ4n) is 6.68. The van der Waals surface area contributed by atoms with Crippen molar-refractivity contribution in [2.24, 2.45) is 22.9 Å². The van der Waals surface area contributed by atoms with Crippen LogP contribution in [-0.2, 0) is 57.5 Å². The molecule has 0 aliphatic heterocycles. The summed E-state index contributed by atoms with van der Waals surface area (Å²) in [6.07, 6.45) is 5.45. The van der Waals surface area contributed by atoms with Crippen LogP contribution >= 0.6 is 35.3 Å². The topological polar surface area (TPSA) is 470 Å². The zero-order valence-corrected chi connectivity index (χ0v) is 46.6. The lowest BCUT2D eigenvalue weighted by molar-refractivity contribution is -0.142. The molecule has 11 amide bonds. The Kier molecular flexibility index (Phi) is 37.0. The first-order valence-corrected chi connectivity index (χ1v) is 28.8. The average molecular weight is 1140 g/mol. The number of carboxylic acids is 1. The van der Waals surface area contributed by atoms with E-state index in [0.29, 0.717) is 49.5 Å². The fraction of sp³-hybridized carbons (Fsp3) is 0.733. The molecule has 20 N–H and O–H groups in total. The van der Waals surface area contributed by atoms with E-state index in [2.05, 4.69) is 53.2 Å². The second-order valence-corrected chi connectivity index (χ2v) is 20.5. The number of rotatable bonds is 41. The number of amides is 11. The largest absolute Gasteiger partial charge is 0.480 e. The Bertz CT molecular complexity index is 1930. The number of unbranched alkanes of at least 4 members (excludes halogenated alkanes) is 2. The number of primary amides is 1. The zero-order chi connectivity index (χ0) is 57.9. The molecule has 0 spiro atoms. The van der Waals surface area contributed by atoms with Crippen LogP contribution in [-0.4, -0.2) is 204 Å². The summed E-state index contributed by atoms with van der Waals surface area (Å²) in [4.78, 5) is 155. The highest BCUT2D eigenvalue weighted by molar-refractivity contribution is 7.98. The van der Waals surface area contributed by atoms with Crippen LogP contribution in [0.4, 0.5) is 0 Å². The number of hydrogen-bond donors (Lipinski definition) is 16. The van der Waals surface area contributed by atoms with Crippen molar-refractivity contribution in [3.8, 4) is 0 Å². The Hall–Kier alpha value is -5.47. The van der Waals surface area contributed by atoms with Crippen LogP contribution in [0.1, 0.15) is 85.0 Å². The van der Waals surface area contributed by atoms with E-state index in [9.17, 15) is 67.7 Å². The normalized spacial score (nSPS) is 14.9. The number of carbonyl (C=O) groups excluding carboxylic acids is 11. The number of nitrogens with one attached hydrogen (secondary N) is 10. The molecule has 76 heavy (non-hydrogen) atoms. The predicted molar refractivity (Wildman–Crippen MR) is 289 cm³/mol. The highest BCUT2D eigenvalue weighted by Gasteiger charge is 2.35. The molecule has 0 rings (SSSR count). The minimum absolute atomic E-state index is 0.00486. The fourth-order valence-corrected chi connectivity index (χ4v) is 8.09. The van der Waals surface area contributed by atoms with Crippen molar-refractivity contribution in [2.75, 3.05) is 62.2 Å². The summed E-state index contributed by atoms with van der Waals surface area (Å²) in [5, 5.41) is 44.0. The van der Waals surface area contributed by atoms with E-state index in [1.54, 1.807) is 18.8 Å². The van der Waals surface area contributed by atoms with Crippen molar-refractivity contribution < 1.29 is 67.7 Å². The molecule has 0 saturated carbocycles. The summed E-state index contributed by atoms with van der Waals surface area (Å²) in [5.41, 5.74) is 22.5. The second-order valence-electron chi connectivity index (χ2n) is 17.6. The van der Waals surface area contributed by atoms with Crippen molar-refractivity contribution in [1.29, 1.82) is 0 Å². The molecule has 28 nitrogen and oxygen atoms in total. The van der Waals surface area contributed by atoms with Crippen LogP contribution in [0.25, 0.3) is 0 Å². The number of aliphatic hydroxyl groups excluding tert-OH is 1. The van der Waals surface area contributed by atoms with Gasteiger partial charge in [0.05, 0.1) is 31.7 Å². The molecule has 0 aliphatic carbocycles. The summed E-state index contributed by atoms with van der Waals surface area (Å²) in [6, 6.07) is -11.7. The summed E-state index contributed by atoms with van der Waals surface area (Å²) in [7, 11) is 0. The highest BCUT2D eigenvalue weighted by Crippen LogP contribution is 2.09. The van der Waals surface area contributed by atoms with Gasteiger partial charge >= 0.3 is 5.97 Å². The van der Waals surface area contributed by atoms with Crippen LogP contribution in [0.5, 0.6) is 0 Å². The SMILES string of the molecule is CSCC[C@H](NC(=O)[C@H](C)NC(=O)CNC(=O)[C@H](C)NC(=O)[C@H](CCSC)NC(=O)CNC(=O)[C@H](CCCCN)NC(=O)[C@H](CCSC)NC(=O)[C@H](CC(N)=O)NC(=O)[C@@H](NC(=O)[C@@H](N)CCCCN)[C@@H](C)O)C(=O)O. The number of nitrogens with two attached hydrogens (primary N) is 4. The lowest BCUT2D eigenvalue weighted by atomic mass is 10.1. The number of aliphatic hydroxyl groups is 1. The maximum Gasteiger partial charge on any atom is 0.326 e. The Morgan fingerprint density at radius 1 is 0.461 bits per heavy atom. The lowest BCUT2D eigenvalue weighted by Crippen LogP contribution is -2.61. The lowest BCUT2D eigenvalue weighted by Gasteiger charge is -2.27. The van der Waals surface area contributed by atoms with Crippen molar-refractivity contribution in [1.82, 2.24) is 53.2 Å². The van der Waals surface area contributed by atoms with Crippen molar-refractivity contribution in [2.45, 2.75) is 145 Å². The van der Waals surface area contributed by atoms with Gasteiger partial charge in [0.25, 0.3) is 0 Å². The van der Waals surface area contributed by atoms with Crippen LogP contribution in [0.3, 0.4) is 0 Å². The van der Waals surface area contributed by atoms with Gasteiger partial charge < -0.3 is 86.3 Å². The smallest absolute Gasteiger partial charge is 0.326 e. The molecule has 0 aromatic carbocycles. The standard InChI is InChI=1S/C45H82N14O14S3/c1-24(37(64)50-22-34(62)52-25(2)38(65)57-31(45(72)73)15-20-76-6)53-41(68)29(13-18-74-4)54-35(63)23-51-40(67)28(12-8-10-17-47)55-42(69)30(14-19-75-5)56-43(70)32(21-33(49)61)58-44(71)36(26(3)60)59-39(66)27(48)11-7-9-16-46/h24-32,36,60H,7-23,46-48H2,1-6H3,(H2,49,61)(H,50,64)(H,51,67)(H,52,62)(H,53,68)(H,54,63)(H,55,69)(H,56,70)(H,57,65)(H,58,71)(H,59,66)(H,72,73)/t24-,25-,26+,27-,28-,29-,30-,31-,32-,36-/m0/s1. The van der Waals surface area contributed by atoms with Gasteiger partial charge in [0, 0.05) is 0 Å². The molecule has 0 heterocycles. The van der Waals surface area contributed by atoms with Gasteiger partial charge in [-0.25, -0.2) is 4.79 Å². The third kappa shape index (κ3) is 29.7. The molecule has 31 heteroatoms. The summed E-state index contributed by atoms with van der Waals surface area (Å²) < 4.78 is 0. The van der Waals surface area contributed by atoms with Gasteiger partial charge in [-0.1, -0.05) is 6.42 Å². The van der Waals surface area contributed by atoms with Gasteiger partial charge in [0.15, 0.2) is 0 Å². The molecular formula is C45H82N14O14S3. The molecule has 0 unspecified atom stereocenters. The Balaban J connectivity index is 5.90. The van der Waals surface area contributed by atoms with Gasteiger partial charge in [0.2, 0.25) is 65.0 Å². The second kappa shape index (κ2) is 39.8. The third-order valence-corrected chi connectivity index (χ3v) is 13.0. The van der Waals surface area contributed by atoms with Gasteiger partial charge in [-0.15, -0.1) is 0 Å². The summed E-state index contributed by atoms with van der Waals surface area (Å²) >= 11 is 4.07. The first kappa shape index (κ1) is 70.5. The van der Waals surface area contributed by atoms with E-state index >= 15 is 0 Å². The monoisotopic (exact) mass is 1140 g/mol. The van der Waals surface area contributed by atoms with Crippen LogP contribution in [0.2, 0.25) is 0 Å². The molecular weight excluding hydrogens is 1060 g/mol. The van der Waals surface area contributed by atoms with E-state index in [1.165, 1.54) is 56.1 Å². The highest BCUT2D eigenvalue weighted by atomic mass is 32.2. The number of carboxylic acid groups (broad SMARTS) is 1. The minimum atomic E-state index is -1.69. The summed E-state index contributed by atoms with van der Waals surface area (Å²) in [6.45, 7) is 3.22. The number of carbonyl (C=O) groups is 12. The molecule has 0 aromatic rings. The van der Waals surface area contributed by atoms with Crippen LogP contribution in [0, 0.1) is 0 Å². The first-order chi connectivity index (χ1) is 35.9. The Morgan fingerprint density at radius 3 is 1.38 bits per heavy atom. The van der Waals surface area contributed by atoms with Crippen LogP contribution in [0.15, 0.2) is 0 Å². The molecule has 0 radical (unpaired) electrons. The van der Waals surface area contributed by atoms with Gasteiger partial charge in [-0.3, -0.25) is 52.7 Å². The van der Waals surface area contributed by atoms with Crippen molar-refractivity contribution in [3.05, 3.63) is 0 Å². The zero-order valence-electron chi connectivity index (χ0n) is 44.1. The number of thioether (sulfide) groups is 3. The van der Waals surface area contributed by atoms with Crippen molar-refractivity contribution >= 4 is 106 Å². The molecule has 0 bridgehead atoms. The molecule has 434 valence electrons. The average Bonchev–Trinajstić information content (AvgIpc) is 3.36. The van der Waals surface area contributed by atoms with Crippen LogP contribution < -0.4 is 76.1 Å². The van der Waals surface area contributed by atoms with Crippen molar-refractivity contribution in [3.63, 3.8) is 0 Å². The first-order valence-electron chi connectivity index (χ1n) is 24.7. The molecule has 0 aromatic heterocycles. The minimum Gasteiger partial charge on any atom is -0.480 e. The number of hydrogen-bond acceptors (Lipinski definition) is 19. The van der Waals surface area contributed by atoms with E-state index in [0.717, 1.165) is 0 Å². The predicted octanol–water partition coefficient (Wildman–Crippen LogP) is -5.68. The molecule has 0 saturated heterocycles. The van der Waals surface area contributed by atoms with E-state index in [1.807, 2.05) is 0 Å². The molecule has 10 atom stereocenters. The Morgan fingerprint density at radius 2 is 0.882 bits per heavy atom. The quantitative estimate of drug-likeness (QED) is 0.0254. The molecule has 0 fully saturated rings. The maximum absolute atomic E-state index is 13.9.